The van der Waals surface area contributed by atoms with E-state index in [1.807, 2.05) is 0 Å². The lowest BCUT2D eigenvalue weighted by molar-refractivity contribution is 1.50. The van der Waals surface area contributed by atoms with Gasteiger partial charge in [-0.3, -0.25) is 0 Å². The van der Waals surface area contributed by atoms with Crippen LogP contribution in [0.2, 0.25) is 0 Å². The van der Waals surface area contributed by atoms with Gasteiger partial charge >= 0.3 is 0 Å². The molecule has 0 aromatic heterocycles. The molecule has 6 aromatic rings. The first-order valence-electron chi connectivity index (χ1n) is 9.95. The van der Waals surface area contributed by atoms with E-state index in [1.165, 1.54) is 43.1 Å². The first-order valence-corrected chi connectivity index (χ1v) is 9.95. The van der Waals surface area contributed by atoms with Gasteiger partial charge in [0.2, 0.25) is 0 Å². The summed E-state index contributed by atoms with van der Waals surface area (Å²) in [6.45, 7) is 0. The van der Waals surface area contributed by atoms with Gasteiger partial charge in [0.05, 0.1) is 6.42 Å². The van der Waals surface area contributed by atoms with Crippen molar-refractivity contribution in [3.63, 3.8) is 0 Å². The third kappa shape index (κ3) is 2.77. The molecular weight excluding hydrogens is 348 g/mol. The maximum absolute atomic E-state index is 3.72. The molecule has 0 fully saturated rings. The second-order valence-corrected chi connectivity index (χ2v) is 7.58. The van der Waals surface area contributed by atoms with Gasteiger partial charge in [0.1, 0.15) is 0 Å². The lowest BCUT2D eigenvalue weighted by Crippen LogP contribution is -1.90. The monoisotopic (exact) mass is 366 g/mol. The van der Waals surface area contributed by atoms with Gasteiger partial charge in [-0.1, -0.05) is 84.9 Å². The highest BCUT2D eigenvalue weighted by Crippen LogP contribution is 2.31. The molecule has 0 atom stereocenters. The second-order valence-electron chi connectivity index (χ2n) is 7.58. The molecule has 0 saturated carbocycles. The van der Waals surface area contributed by atoms with Crippen LogP contribution < -0.4 is 0 Å². The van der Waals surface area contributed by atoms with Crippen molar-refractivity contribution in [3.05, 3.63) is 127 Å². The summed E-state index contributed by atoms with van der Waals surface area (Å²) in [7, 11) is 0. The SMILES string of the molecule is [C](c1cccc2cc3ccccc3cc12)c1cccc2cc3ccccc3cc12. The molecule has 0 N–H and O–H groups in total. The minimum Gasteiger partial charge on any atom is -0.0616 e. The molecule has 2 radical (unpaired) electrons. The molecule has 0 spiro atoms. The van der Waals surface area contributed by atoms with Crippen LogP contribution in [0.1, 0.15) is 11.1 Å². The van der Waals surface area contributed by atoms with Crippen molar-refractivity contribution in [1.82, 2.24) is 0 Å². The Kier molecular flexibility index (Phi) is 3.64. The molecule has 0 nitrogen and oxygen atoms in total. The van der Waals surface area contributed by atoms with Gasteiger partial charge in [0.15, 0.2) is 0 Å². The third-order valence-corrected chi connectivity index (χ3v) is 5.76. The van der Waals surface area contributed by atoms with Crippen LogP contribution in [0.15, 0.2) is 109 Å². The normalized spacial score (nSPS) is 11.6. The van der Waals surface area contributed by atoms with Gasteiger partial charge in [-0.05, 0) is 78.5 Å². The summed E-state index contributed by atoms with van der Waals surface area (Å²) in [4.78, 5) is 0. The summed E-state index contributed by atoms with van der Waals surface area (Å²) in [6, 6.07) is 39.1. The Morgan fingerprint density at radius 3 is 1.17 bits per heavy atom. The van der Waals surface area contributed by atoms with Crippen LogP contribution in [0, 0.1) is 6.42 Å². The molecule has 6 rings (SSSR count). The standard InChI is InChI=1S/C29H18/c1-3-9-22-18-28-24(15-20(22)7-1)11-5-13-26(28)17-27-14-6-12-25-16-21-8-2-4-10-23(21)19-29(25)27/h1-16,18-19H. The minimum absolute atomic E-state index is 1.13. The lowest BCUT2D eigenvalue weighted by Gasteiger charge is -2.11. The van der Waals surface area contributed by atoms with Crippen LogP contribution in [-0.2, 0) is 0 Å². The molecule has 0 bridgehead atoms. The average Bonchev–Trinajstić information content (AvgIpc) is 2.77. The van der Waals surface area contributed by atoms with E-state index in [0.717, 1.165) is 11.1 Å². The molecule has 0 heterocycles. The quantitative estimate of drug-likeness (QED) is 0.274. The van der Waals surface area contributed by atoms with Crippen molar-refractivity contribution < 1.29 is 0 Å². The van der Waals surface area contributed by atoms with E-state index < -0.39 is 0 Å². The first kappa shape index (κ1) is 16.3. The molecule has 0 amide bonds. The Labute approximate surface area is 170 Å². The summed E-state index contributed by atoms with van der Waals surface area (Å²) in [5.74, 6) is 0. The highest BCUT2D eigenvalue weighted by Gasteiger charge is 2.09. The zero-order chi connectivity index (χ0) is 19.2. The second kappa shape index (κ2) is 6.46. The molecular formula is C29H18. The van der Waals surface area contributed by atoms with Crippen molar-refractivity contribution in [2.24, 2.45) is 0 Å². The highest BCUT2D eigenvalue weighted by atomic mass is 14.1. The summed E-state index contributed by atoms with van der Waals surface area (Å²) < 4.78 is 0. The predicted octanol–water partition coefficient (Wildman–Crippen LogP) is 7.78. The van der Waals surface area contributed by atoms with Crippen molar-refractivity contribution in [2.45, 2.75) is 0 Å². The Bertz CT molecular complexity index is 1400. The molecule has 0 aliphatic carbocycles. The van der Waals surface area contributed by atoms with Crippen molar-refractivity contribution >= 4 is 43.1 Å². The molecule has 6 aromatic carbocycles. The largest absolute Gasteiger partial charge is 0.0616 e. The van der Waals surface area contributed by atoms with Gasteiger partial charge < -0.3 is 0 Å². The smallest absolute Gasteiger partial charge is 0.0514 e. The van der Waals surface area contributed by atoms with Crippen LogP contribution in [0.5, 0.6) is 0 Å². The molecule has 0 heteroatoms. The maximum atomic E-state index is 3.72. The lowest BCUT2D eigenvalue weighted by atomic mass is 9.92. The Balaban J connectivity index is 1.55. The minimum atomic E-state index is 1.13. The Morgan fingerprint density at radius 2 is 0.724 bits per heavy atom. The number of hydrogen-bond donors (Lipinski definition) is 0. The van der Waals surface area contributed by atoms with Crippen molar-refractivity contribution in [1.29, 1.82) is 0 Å². The first-order chi connectivity index (χ1) is 14.3. The van der Waals surface area contributed by atoms with Gasteiger partial charge in [-0.2, -0.15) is 0 Å². The predicted molar refractivity (Wildman–Crippen MR) is 124 cm³/mol. The van der Waals surface area contributed by atoms with Gasteiger partial charge in [-0.15, -0.1) is 0 Å². The fourth-order valence-electron chi connectivity index (χ4n) is 4.30. The van der Waals surface area contributed by atoms with E-state index in [2.05, 4.69) is 116 Å². The molecule has 0 saturated heterocycles. The van der Waals surface area contributed by atoms with Crippen molar-refractivity contribution in [3.8, 4) is 0 Å². The van der Waals surface area contributed by atoms with E-state index in [4.69, 9.17) is 0 Å². The van der Waals surface area contributed by atoms with Gasteiger partial charge in [0.25, 0.3) is 0 Å². The summed E-state index contributed by atoms with van der Waals surface area (Å²) >= 11 is 0. The topological polar surface area (TPSA) is 0 Å². The van der Waals surface area contributed by atoms with Crippen LogP contribution >= 0.6 is 0 Å². The number of hydrogen-bond acceptors (Lipinski definition) is 0. The van der Waals surface area contributed by atoms with Crippen LogP contribution in [-0.4, -0.2) is 0 Å². The van der Waals surface area contributed by atoms with E-state index in [1.54, 1.807) is 0 Å². The van der Waals surface area contributed by atoms with Gasteiger partial charge in [0, 0.05) is 0 Å². The summed E-state index contributed by atoms with van der Waals surface area (Å²) in [6.07, 6.45) is 3.72. The molecule has 0 unspecified atom stereocenters. The fraction of sp³-hybridized carbons (Fsp3) is 0. The third-order valence-electron chi connectivity index (χ3n) is 5.76. The highest BCUT2D eigenvalue weighted by molar-refractivity contribution is 6.02. The van der Waals surface area contributed by atoms with Crippen molar-refractivity contribution in [2.75, 3.05) is 0 Å². The van der Waals surface area contributed by atoms with Crippen LogP contribution in [0.4, 0.5) is 0 Å². The molecule has 29 heavy (non-hydrogen) atoms. The number of benzene rings is 6. The Hall–Kier alpha value is -3.64. The van der Waals surface area contributed by atoms with Crippen LogP contribution in [0.25, 0.3) is 43.1 Å². The maximum Gasteiger partial charge on any atom is 0.0514 e. The van der Waals surface area contributed by atoms with Crippen LogP contribution in [0.3, 0.4) is 0 Å². The van der Waals surface area contributed by atoms with E-state index >= 15 is 0 Å². The molecule has 0 aliphatic heterocycles. The molecule has 134 valence electrons. The van der Waals surface area contributed by atoms with Gasteiger partial charge in [-0.25, -0.2) is 0 Å². The average molecular weight is 366 g/mol. The zero-order valence-electron chi connectivity index (χ0n) is 15.9. The van der Waals surface area contributed by atoms with E-state index in [9.17, 15) is 0 Å². The Morgan fingerprint density at radius 1 is 0.345 bits per heavy atom. The van der Waals surface area contributed by atoms with E-state index in [-0.39, 0.29) is 0 Å². The summed E-state index contributed by atoms with van der Waals surface area (Å²) in [5, 5.41) is 10.0. The fourth-order valence-corrected chi connectivity index (χ4v) is 4.30. The summed E-state index contributed by atoms with van der Waals surface area (Å²) in [5.41, 5.74) is 2.27. The number of rotatable bonds is 2. The molecule has 0 aliphatic rings. The number of fused-ring (bicyclic) bond motifs is 4. The van der Waals surface area contributed by atoms with E-state index in [0.29, 0.717) is 0 Å². The zero-order valence-corrected chi connectivity index (χ0v) is 15.9.